The smallest absolute Gasteiger partial charge is 0.287 e. The van der Waals surface area contributed by atoms with Crippen molar-refractivity contribution in [2.45, 2.75) is 6.04 Å². The van der Waals surface area contributed by atoms with Gasteiger partial charge >= 0.3 is 0 Å². The molecule has 1 amide bonds. The molecule has 0 aliphatic carbocycles. The van der Waals surface area contributed by atoms with Gasteiger partial charge in [-0.05, 0) is 36.4 Å². The van der Waals surface area contributed by atoms with E-state index in [4.69, 9.17) is 9.47 Å². The van der Waals surface area contributed by atoms with E-state index in [1.165, 1.54) is 12.1 Å². The van der Waals surface area contributed by atoms with Crippen molar-refractivity contribution in [2.24, 2.45) is 0 Å². The maximum Gasteiger partial charge on any atom is 0.287 e. The molecule has 0 aromatic heterocycles. The van der Waals surface area contributed by atoms with Gasteiger partial charge in [0.25, 0.3) is 5.91 Å². The van der Waals surface area contributed by atoms with E-state index in [-0.39, 0.29) is 11.7 Å². The van der Waals surface area contributed by atoms with Crippen LogP contribution in [0.15, 0.2) is 78.9 Å². The van der Waals surface area contributed by atoms with E-state index in [9.17, 15) is 9.18 Å². The van der Waals surface area contributed by atoms with Gasteiger partial charge in [0.1, 0.15) is 19.0 Å². The number of anilines is 1. The number of ether oxygens (including phenoxy) is 2. The molecule has 3 N–H and O–H groups in total. The van der Waals surface area contributed by atoms with E-state index < -0.39 is 6.04 Å². The first-order valence-electron chi connectivity index (χ1n) is 9.38. The number of rotatable bonds is 9. The van der Waals surface area contributed by atoms with Gasteiger partial charge < -0.3 is 20.1 Å². The number of nitrogens with two attached hydrogens (primary N) is 1. The summed E-state index contributed by atoms with van der Waals surface area (Å²) in [5.74, 6) is 0.805. The molecule has 6 heteroatoms. The summed E-state index contributed by atoms with van der Waals surface area (Å²) in [6, 6.07) is 22.2. The number of carbonyl (C=O) groups excluding carboxylic acids is 1. The van der Waals surface area contributed by atoms with Crippen LogP contribution in [-0.2, 0) is 4.79 Å². The molecule has 0 radical (unpaired) electrons. The van der Waals surface area contributed by atoms with Crippen molar-refractivity contribution in [1.82, 2.24) is 0 Å². The Balaban J connectivity index is 1.63. The molecule has 0 heterocycles. The van der Waals surface area contributed by atoms with Crippen LogP contribution in [0.25, 0.3) is 0 Å². The zero-order valence-electron chi connectivity index (χ0n) is 16.2. The van der Waals surface area contributed by atoms with Gasteiger partial charge in [-0.15, -0.1) is 0 Å². The Morgan fingerprint density at radius 3 is 2.31 bits per heavy atom. The van der Waals surface area contributed by atoms with Gasteiger partial charge in [-0.2, -0.15) is 0 Å². The molecule has 0 saturated heterocycles. The summed E-state index contributed by atoms with van der Waals surface area (Å²) in [6.45, 7) is 0.974. The second kappa shape index (κ2) is 10.2. The lowest BCUT2D eigenvalue weighted by molar-refractivity contribution is -0.682. The highest BCUT2D eigenvalue weighted by molar-refractivity contribution is 5.94. The van der Waals surface area contributed by atoms with Crippen molar-refractivity contribution in [3.05, 3.63) is 90.2 Å². The molecule has 3 aromatic rings. The highest BCUT2D eigenvalue weighted by atomic mass is 19.1. The van der Waals surface area contributed by atoms with E-state index in [2.05, 4.69) is 5.32 Å². The number of para-hydroxylation sites is 2. The standard InChI is InChI=1S/C23H23FN2O3/c1-28-20-9-5-6-10-21(20)29-16-15-25-22(17-7-3-2-4-8-17)23(27)26-19-13-11-18(24)12-14-19/h2-14,22,25H,15-16H2,1H3,(H,26,27)/p+1/t22-/m1/s1. The summed E-state index contributed by atoms with van der Waals surface area (Å²) >= 11 is 0. The predicted molar refractivity (Wildman–Crippen MR) is 109 cm³/mol. The highest BCUT2D eigenvalue weighted by Gasteiger charge is 2.24. The van der Waals surface area contributed by atoms with Crippen molar-refractivity contribution in [1.29, 1.82) is 0 Å². The molecule has 3 aromatic carbocycles. The predicted octanol–water partition coefficient (Wildman–Crippen LogP) is 3.16. The zero-order valence-corrected chi connectivity index (χ0v) is 16.2. The third-order valence-corrected chi connectivity index (χ3v) is 4.40. The molecular weight excluding hydrogens is 371 g/mol. The quantitative estimate of drug-likeness (QED) is 0.547. The third-order valence-electron chi connectivity index (χ3n) is 4.40. The van der Waals surface area contributed by atoms with Gasteiger partial charge in [0.05, 0.1) is 7.11 Å². The molecule has 3 rings (SSSR count). The average Bonchev–Trinajstić information content (AvgIpc) is 2.76. The van der Waals surface area contributed by atoms with Gasteiger partial charge in [-0.3, -0.25) is 4.79 Å². The molecule has 0 bridgehead atoms. The van der Waals surface area contributed by atoms with E-state index >= 15 is 0 Å². The van der Waals surface area contributed by atoms with Crippen LogP contribution in [0.2, 0.25) is 0 Å². The summed E-state index contributed by atoms with van der Waals surface area (Å²) in [7, 11) is 1.60. The number of hydrogen-bond donors (Lipinski definition) is 2. The van der Waals surface area contributed by atoms with Crippen molar-refractivity contribution in [3.63, 3.8) is 0 Å². The first-order chi connectivity index (χ1) is 14.2. The van der Waals surface area contributed by atoms with Gasteiger partial charge in [0.15, 0.2) is 17.5 Å². The fraction of sp³-hybridized carbons (Fsp3) is 0.174. The molecule has 5 nitrogen and oxygen atoms in total. The second-order valence-corrected chi connectivity index (χ2v) is 6.41. The van der Waals surface area contributed by atoms with E-state index in [0.717, 1.165) is 5.56 Å². The summed E-state index contributed by atoms with van der Waals surface area (Å²) in [5, 5.41) is 4.77. The van der Waals surface area contributed by atoms with Gasteiger partial charge in [-0.1, -0.05) is 42.5 Å². The molecule has 0 aliphatic rings. The lowest BCUT2D eigenvalue weighted by atomic mass is 10.1. The fourth-order valence-electron chi connectivity index (χ4n) is 2.95. The lowest BCUT2D eigenvalue weighted by Gasteiger charge is -2.17. The van der Waals surface area contributed by atoms with Gasteiger partial charge in [0.2, 0.25) is 0 Å². The van der Waals surface area contributed by atoms with Crippen molar-refractivity contribution in [3.8, 4) is 11.5 Å². The normalized spacial score (nSPS) is 11.5. The maximum absolute atomic E-state index is 13.1. The maximum atomic E-state index is 13.1. The monoisotopic (exact) mass is 395 g/mol. The van der Waals surface area contributed by atoms with Gasteiger partial charge in [-0.25, -0.2) is 4.39 Å². The molecule has 0 spiro atoms. The lowest BCUT2D eigenvalue weighted by Crippen LogP contribution is -2.88. The van der Waals surface area contributed by atoms with E-state index in [1.807, 2.05) is 59.9 Å². The Hall–Kier alpha value is -3.38. The number of hydrogen-bond acceptors (Lipinski definition) is 3. The number of nitrogens with one attached hydrogen (secondary N) is 1. The SMILES string of the molecule is COc1ccccc1OCC[NH2+][C@@H](C(=O)Nc1ccc(F)cc1)c1ccccc1. The molecule has 29 heavy (non-hydrogen) atoms. The Kier molecular flexibility index (Phi) is 7.19. The second-order valence-electron chi connectivity index (χ2n) is 6.41. The Morgan fingerprint density at radius 1 is 0.966 bits per heavy atom. The molecule has 0 fully saturated rings. The Bertz CT molecular complexity index is 917. The van der Waals surface area contributed by atoms with Crippen molar-refractivity contribution in [2.75, 3.05) is 25.6 Å². The zero-order chi connectivity index (χ0) is 20.5. The minimum Gasteiger partial charge on any atom is -0.493 e. The summed E-state index contributed by atoms with van der Waals surface area (Å²) in [5.41, 5.74) is 1.43. The average molecular weight is 395 g/mol. The molecule has 150 valence electrons. The molecule has 1 atom stereocenters. The topological polar surface area (TPSA) is 64.2 Å². The molecular formula is C23H24FN2O3+. The number of halogens is 1. The number of benzene rings is 3. The van der Waals surface area contributed by atoms with Crippen LogP contribution < -0.4 is 20.1 Å². The largest absolute Gasteiger partial charge is 0.493 e. The van der Waals surface area contributed by atoms with Crippen molar-refractivity contribution >= 4 is 11.6 Å². The van der Waals surface area contributed by atoms with Crippen LogP contribution in [0, 0.1) is 5.82 Å². The highest BCUT2D eigenvalue weighted by Crippen LogP contribution is 2.25. The van der Waals surface area contributed by atoms with Crippen molar-refractivity contribution < 1.29 is 24.0 Å². The number of methoxy groups -OCH3 is 1. The van der Waals surface area contributed by atoms with Crippen LogP contribution in [0.5, 0.6) is 11.5 Å². The minimum absolute atomic E-state index is 0.180. The molecule has 0 saturated carbocycles. The summed E-state index contributed by atoms with van der Waals surface area (Å²) in [4.78, 5) is 12.9. The Labute approximate surface area is 169 Å². The van der Waals surface area contributed by atoms with Crippen LogP contribution in [0.4, 0.5) is 10.1 Å². The van der Waals surface area contributed by atoms with Crippen LogP contribution in [0.3, 0.4) is 0 Å². The fourth-order valence-corrected chi connectivity index (χ4v) is 2.95. The minimum atomic E-state index is -0.456. The van der Waals surface area contributed by atoms with Crippen LogP contribution in [0.1, 0.15) is 11.6 Å². The van der Waals surface area contributed by atoms with E-state index in [1.54, 1.807) is 19.2 Å². The number of quaternary nitrogens is 1. The van der Waals surface area contributed by atoms with Crippen LogP contribution >= 0.6 is 0 Å². The van der Waals surface area contributed by atoms with Crippen LogP contribution in [-0.4, -0.2) is 26.2 Å². The van der Waals surface area contributed by atoms with Gasteiger partial charge in [0, 0.05) is 11.3 Å². The number of amides is 1. The first-order valence-corrected chi connectivity index (χ1v) is 9.38. The molecule has 0 aliphatic heterocycles. The third kappa shape index (κ3) is 5.80. The Morgan fingerprint density at radius 2 is 1.62 bits per heavy atom. The first kappa shape index (κ1) is 20.4. The van der Waals surface area contributed by atoms with E-state index in [0.29, 0.717) is 30.3 Å². The summed E-state index contributed by atoms with van der Waals surface area (Å²) in [6.07, 6.45) is 0. The number of carbonyl (C=O) groups is 1. The summed E-state index contributed by atoms with van der Waals surface area (Å²) < 4.78 is 24.2. The molecule has 0 unspecified atom stereocenters.